The summed E-state index contributed by atoms with van der Waals surface area (Å²) in [6.07, 6.45) is 3.14. The number of pyridine rings is 1. The fourth-order valence-electron chi connectivity index (χ4n) is 3.07. The fraction of sp³-hybridized carbons (Fsp3) is 0.0476. The largest absolute Gasteiger partial charge is 0.325 e. The number of hydrogen-bond donors (Lipinski definition) is 2. The average Bonchev–Trinajstić information content (AvgIpc) is 2.79. The molecule has 0 spiro atoms. The lowest BCUT2D eigenvalue weighted by atomic mass is 10.2. The van der Waals surface area contributed by atoms with Crippen molar-refractivity contribution in [1.29, 1.82) is 0 Å². The number of primary sulfonamides is 1. The van der Waals surface area contributed by atoms with Crippen molar-refractivity contribution in [3.63, 3.8) is 0 Å². The smallest absolute Gasteiger partial charge is 0.266 e. The molecular formula is C21H15I2N5O4S2. The molecule has 2 heterocycles. The third-order valence-electron chi connectivity index (χ3n) is 4.58. The molecule has 1 amide bonds. The van der Waals surface area contributed by atoms with Crippen LogP contribution in [0.1, 0.15) is 0 Å². The lowest BCUT2D eigenvalue weighted by Gasteiger charge is -2.14. The lowest BCUT2D eigenvalue weighted by Crippen LogP contribution is -2.23. The van der Waals surface area contributed by atoms with Gasteiger partial charge < -0.3 is 5.32 Å². The van der Waals surface area contributed by atoms with Crippen LogP contribution in [0.2, 0.25) is 0 Å². The number of hydrogen-bond acceptors (Lipinski definition) is 7. The summed E-state index contributed by atoms with van der Waals surface area (Å²) in [5, 5.41) is 8.67. The number of rotatable bonds is 6. The topological polar surface area (TPSA) is 137 Å². The number of fused-ring (bicyclic) bond motifs is 1. The van der Waals surface area contributed by atoms with E-state index in [1.807, 2.05) is 6.07 Å². The maximum atomic E-state index is 13.5. The van der Waals surface area contributed by atoms with Gasteiger partial charge in [0.2, 0.25) is 15.9 Å². The number of aromatic nitrogens is 3. The number of thioether (sulfide) groups is 1. The third-order valence-corrected chi connectivity index (χ3v) is 7.89. The Bertz CT molecular complexity index is 1560. The Morgan fingerprint density at radius 3 is 2.41 bits per heavy atom. The van der Waals surface area contributed by atoms with Crippen molar-refractivity contribution >= 4 is 89.5 Å². The van der Waals surface area contributed by atoms with E-state index in [1.54, 1.807) is 30.6 Å². The van der Waals surface area contributed by atoms with Crippen molar-refractivity contribution in [1.82, 2.24) is 14.5 Å². The summed E-state index contributed by atoms with van der Waals surface area (Å²) in [6.45, 7) is 0. The Morgan fingerprint density at radius 2 is 1.76 bits per heavy atom. The van der Waals surface area contributed by atoms with Gasteiger partial charge in [0.15, 0.2) is 5.16 Å². The zero-order valence-electron chi connectivity index (χ0n) is 17.1. The molecule has 0 bridgehead atoms. The van der Waals surface area contributed by atoms with Crippen LogP contribution in [0, 0.1) is 7.14 Å². The number of sulfonamides is 1. The van der Waals surface area contributed by atoms with E-state index in [9.17, 15) is 18.0 Å². The van der Waals surface area contributed by atoms with Crippen LogP contribution < -0.4 is 16.0 Å². The molecule has 2 aromatic carbocycles. The normalized spacial score (nSPS) is 11.5. The van der Waals surface area contributed by atoms with Crippen LogP contribution in [0.3, 0.4) is 0 Å². The predicted molar refractivity (Wildman–Crippen MR) is 148 cm³/mol. The summed E-state index contributed by atoms with van der Waals surface area (Å²) < 4.78 is 26.3. The second kappa shape index (κ2) is 10.3. The maximum Gasteiger partial charge on any atom is 0.266 e. The van der Waals surface area contributed by atoms with Gasteiger partial charge in [0, 0.05) is 25.2 Å². The molecule has 0 aliphatic heterocycles. The molecule has 174 valence electrons. The number of carbonyl (C=O) groups is 1. The zero-order valence-corrected chi connectivity index (χ0v) is 23.1. The molecule has 13 heteroatoms. The van der Waals surface area contributed by atoms with Crippen LogP contribution >= 0.6 is 56.9 Å². The summed E-state index contributed by atoms with van der Waals surface area (Å²) >= 11 is 5.35. The van der Waals surface area contributed by atoms with Gasteiger partial charge in [-0.3, -0.25) is 19.1 Å². The Morgan fingerprint density at radius 1 is 1.09 bits per heavy atom. The van der Waals surface area contributed by atoms with E-state index in [0.717, 1.165) is 18.9 Å². The van der Waals surface area contributed by atoms with Crippen molar-refractivity contribution in [2.24, 2.45) is 5.14 Å². The molecule has 34 heavy (non-hydrogen) atoms. The van der Waals surface area contributed by atoms with Gasteiger partial charge in [0.1, 0.15) is 0 Å². The number of carbonyl (C=O) groups excluding carboxylic acids is 1. The number of nitrogens with zero attached hydrogens (tertiary/aromatic N) is 3. The zero-order chi connectivity index (χ0) is 24.5. The molecule has 0 atom stereocenters. The minimum Gasteiger partial charge on any atom is -0.325 e. The SMILES string of the molecule is NS(=O)(=O)c1ccc(-n2c(SCC(=O)Nc3ccncc3)nc3c(I)cc(I)cc3c2=O)cc1. The lowest BCUT2D eigenvalue weighted by molar-refractivity contribution is -0.113. The molecule has 0 unspecified atom stereocenters. The molecule has 9 nitrogen and oxygen atoms in total. The van der Waals surface area contributed by atoms with Crippen molar-refractivity contribution in [2.45, 2.75) is 10.1 Å². The van der Waals surface area contributed by atoms with Crippen LogP contribution in [0.25, 0.3) is 16.6 Å². The van der Waals surface area contributed by atoms with Gasteiger partial charge in [-0.15, -0.1) is 0 Å². The van der Waals surface area contributed by atoms with E-state index in [2.05, 4.69) is 60.5 Å². The number of nitrogens with two attached hydrogens (primary N) is 1. The highest BCUT2D eigenvalue weighted by molar-refractivity contribution is 14.1. The molecule has 0 aliphatic rings. The summed E-state index contributed by atoms with van der Waals surface area (Å²) in [5.41, 5.74) is 1.20. The quantitative estimate of drug-likeness (QED) is 0.177. The molecule has 0 saturated heterocycles. The number of benzene rings is 2. The highest BCUT2D eigenvalue weighted by Gasteiger charge is 2.18. The van der Waals surface area contributed by atoms with E-state index in [1.165, 1.54) is 28.8 Å². The minimum atomic E-state index is -3.89. The van der Waals surface area contributed by atoms with Crippen LogP contribution in [0.4, 0.5) is 5.69 Å². The average molecular weight is 719 g/mol. The molecule has 0 fully saturated rings. The van der Waals surface area contributed by atoms with Gasteiger partial charge in [-0.25, -0.2) is 18.5 Å². The molecule has 2 aromatic heterocycles. The number of nitrogens with one attached hydrogen (secondary N) is 1. The number of halogens is 2. The van der Waals surface area contributed by atoms with Crippen molar-refractivity contribution in [3.8, 4) is 5.69 Å². The predicted octanol–water partition coefficient (Wildman–Crippen LogP) is 3.37. The van der Waals surface area contributed by atoms with E-state index >= 15 is 0 Å². The number of anilines is 1. The maximum absolute atomic E-state index is 13.5. The van der Waals surface area contributed by atoms with Gasteiger partial charge in [0.25, 0.3) is 5.56 Å². The Kier molecular flexibility index (Phi) is 7.56. The molecule has 0 saturated carbocycles. The first kappa shape index (κ1) is 25.0. The van der Waals surface area contributed by atoms with Gasteiger partial charge in [-0.05, 0) is 93.7 Å². The summed E-state index contributed by atoms with van der Waals surface area (Å²) in [6, 6.07) is 12.6. The fourth-order valence-corrected chi connectivity index (χ4v) is 6.35. The van der Waals surface area contributed by atoms with Crippen LogP contribution in [0.5, 0.6) is 0 Å². The highest BCUT2D eigenvalue weighted by atomic mass is 127. The number of amides is 1. The van der Waals surface area contributed by atoms with E-state index < -0.39 is 10.0 Å². The Hall–Kier alpha value is -2.08. The summed E-state index contributed by atoms with van der Waals surface area (Å²) in [7, 11) is -3.89. The van der Waals surface area contributed by atoms with E-state index in [-0.39, 0.29) is 22.1 Å². The standard InChI is InChI=1S/C21H15I2N5O4S2/c22-12-9-16-19(17(23)10-12)27-21(33-11-18(29)26-13-5-7-25-8-6-13)28(20(16)30)14-1-3-15(4-2-14)34(24,31)32/h1-10H,11H2,(H2,24,31,32)(H,25,26,29). The van der Waals surface area contributed by atoms with Gasteiger partial charge >= 0.3 is 0 Å². The van der Waals surface area contributed by atoms with Crippen LogP contribution in [0.15, 0.2) is 75.8 Å². The molecule has 3 N–H and O–H groups in total. The van der Waals surface area contributed by atoms with Crippen molar-refractivity contribution in [2.75, 3.05) is 11.1 Å². The minimum absolute atomic E-state index is 0.00349. The van der Waals surface area contributed by atoms with Crippen LogP contribution in [-0.4, -0.2) is 34.6 Å². The van der Waals surface area contributed by atoms with E-state index in [4.69, 9.17) is 5.14 Å². The van der Waals surface area contributed by atoms with Gasteiger partial charge in [0.05, 0.1) is 27.2 Å². The highest BCUT2D eigenvalue weighted by Crippen LogP contribution is 2.26. The van der Waals surface area contributed by atoms with Gasteiger partial charge in [-0.2, -0.15) is 0 Å². The molecule has 0 radical (unpaired) electrons. The monoisotopic (exact) mass is 719 g/mol. The molecule has 4 rings (SSSR count). The molecule has 0 aliphatic carbocycles. The van der Waals surface area contributed by atoms with Gasteiger partial charge in [-0.1, -0.05) is 11.8 Å². The second-order valence-electron chi connectivity index (χ2n) is 6.93. The van der Waals surface area contributed by atoms with E-state index in [0.29, 0.717) is 27.4 Å². The van der Waals surface area contributed by atoms with Crippen molar-refractivity contribution < 1.29 is 13.2 Å². The van der Waals surface area contributed by atoms with Crippen molar-refractivity contribution in [3.05, 3.63) is 78.4 Å². The molecule has 4 aromatic rings. The Labute approximate surface area is 225 Å². The first-order valence-electron chi connectivity index (χ1n) is 9.51. The first-order valence-corrected chi connectivity index (χ1v) is 14.2. The molecular weight excluding hydrogens is 704 g/mol. The van der Waals surface area contributed by atoms with Crippen LogP contribution in [-0.2, 0) is 14.8 Å². The first-order chi connectivity index (χ1) is 16.1. The second-order valence-corrected chi connectivity index (χ2v) is 11.8. The summed E-state index contributed by atoms with van der Waals surface area (Å²) in [4.78, 5) is 34.5. The third kappa shape index (κ3) is 5.59. The summed E-state index contributed by atoms with van der Waals surface area (Å²) in [5.74, 6) is -0.282. The Balaban J connectivity index is 1.77.